The number of carbonyl (C=O) groups is 1. The molecule has 3 aliphatic rings. The number of nitrogens with zero attached hydrogens (tertiary/aromatic N) is 2. The fourth-order valence-electron chi connectivity index (χ4n) is 4.71. The zero-order chi connectivity index (χ0) is 21.2. The van der Waals surface area contributed by atoms with E-state index in [9.17, 15) is 26.7 Å². The third-order valence-corrected chi connectivity index (χ3v) is 7.08. The van der Waals surface area contributed by atoms with Gasteiger partial charge >= 0.3 is 12.1 Å². The molecule has 0 bridgehead atoms. The van der Waals surface area contributed by atoms with Gasteiger partial charge in [-0.15, -0.1) is 11.3 Å². The molecule has 1 aromatic heterocycles. The van der Waals surface area contributed by atoms with Crippen molar-refractivity contribution in [2.24, 2.45) is 16.8 Å². The number of hydrogen-bond donors (Lipinski definition) is 0. The smallest absolute Gasteiger partial charge is 0.368 e. The van der Waals surface area contributed by atoms with Gasteiger partial charge in [0.1, 0.15) is 11.3 Å². The quantitative estimate of drug-likeness (QED) is 0.581. The summed E-state index contributed by atoms with van der Waals surface area (Å²) in [5, 5.41) is 1.97. The highest BCUT2D eigenvalue weighted by Crippen LogP contribution is 2.61. The van der Waals surface area contributed by atoms with Gasteiger partial charge in [-0.2, -0.15) is 22.0 Å². The molecule has 0 radical (unpaired) electrons. The van der Waals surface area contributed by atoms with Gasteiger partial charge in [-0.3, -0.25) is 9.79 Å². The van der Waals surface area contributed by atoms with Crippen LogP contribution >= 0.6 is 22.9 Å². The monoisotopic (exact) mass is 450 g/mol. The molecule has 0 amide bonds. The number of alkyl halides is 5. The molecule has 10 heteroatoms. The van der Waals surface area contributed by atoms with E-state index >= 15 is 0 Å². The number of likely N-dealkylation sites (N-methyl/N-ethyl adjacent to an activating group) is 1. The first-order valence-electron chi connectivity index (χ1n) is 8.86. The molecule has 1 saturated heterocycles. The van der Waals surface area contributed by atoms with Crippen molar-refractivity contribution in [2.45, 2.75) is 36.5 Å². The van der Waals surface area contributed by atoms with Crippen LogP contribution in [0.3, 0.4) is 0 Å². The Morgan fingerprint density at radius 3 is 2.69 bits per heavy atom. The fraction of sp³-hybridized carbons (Fsp3) is 0.474. The van der Waals surface area contributed by atoms with Crippen LogP contribution in [-0.2, 0) is 4.79 Å². The molecule has 4 rings (SSSR count). The number of halogens is 6. The Morgan fingerprint density at radius 1 is 1.34 bits per heavy atom. The predicted octanol–water partition coefficient (Wildman–Crippen LogP) is 5.36. The number of aliphatic imine (C=N–C) groups is 1. The lowest BCUT2D eigenvalue weighted by molar-refractivity contribution is -0.289. The van der Waals surface area contributed by atoms with E-state index in [-0.39, 0.29) is 17.2 Å². The Morgan fingerprint density at radius 2 is 2.07 bits per heavy atom. The van der Waals surface area contributed by atoms with Crippen LogP contribution in [0.2, 0.25) is 0 Å². The molecule has 1 fully saturated rings. The van der Waals surface area contributed by atoms with Crippen LogP contribution < -0.4 is 0 Å². The van der Waals surface area contributed by atoms with Gasteiger partial charge in [0, 0.05) is 47.6 Å². The summed E-state index contributed by atoms with van der Waals surface area (Å²) >= 11 is 7.45. The number of carbonyl (C=O) groups excluding carboxylic acids is 1. The van der Waals surface area contributed by atoms with Gasteiger partial charge in [0.25, 0.3) is 0 Å². The predicted molar refractivity (Wildman–Crippen MR) is 100 cm³/mol. The Balaban J connectivity index is 1.92. The summed E-state index contributed by atoms with van der Waals surface area (Å²) in [6.45, 7) is 0. The number of Topliss-reactive ketones (excluding diaryl/α,β-unsaturated/α-hetero) is 1. The van der Waals surface area contributed by atoms with Crippen LogP contribution in [0.25, 0.3) is 0 Å². The second-order valence-corrected chi connectivity index (χ2v) is 8.87. The molecular weight excluding hydrogens is 435 g/mol. The van der Waals surface area contributed by atoms with E-state index in [4.69, 9.17) is 11.6 Å². The first-order chi connectivity index (χ1) is 13.5. The van der Waals surface area contributed by atoms with E-state index in [0.717, 1.165) is 0 Å². The number of allylic oxidation sites excluding steroid dienone is 2. The van der Waals surface area contributed by atoms with Crippen LogP contribution in [0.1, 0.15) is 23.8 Å². The molecule has 1 spiro atoms. The molecule has 3 nitrogen and oxygen atoms in total. The van der Waals surface area contributed by atoms with Crippen molar-refractivity contribution in [3.63, 3.8) is 0 Å². The molecule has 4 unspecified atom stereocenters. The second-order valence-electron chi connectivity index (χ2n) is 7.45. The number of hydrogen-bond acceptors (Lipinski definition) is 4. The average molecular weight is 451 g/mol. The molecular formula is C19H16ClF5N2OS. The molecule has 0 aromatic carbocycles. The van der Waals surface area contributed by atoms with E-state index in [1.165, 1.54) is 29.7 Å². The zero-order valence-corrected chi connectivity index (χ0v) is 16.7. The molecule has 2 aliphatic heterocycles. The highest BCUT2D eigenvalue weighted by atomic mass is 35.5. The Hall–Kier alpha value is -1.74. The summed E-state index contributed by atoms with van der Waals surface area (Å²) < 4.78 is 67.9. The summed E-state index contributed by atoms with van der Waals surface area (Å²) in [4.78, 5) is 19.4. The molecule has 1 aromatic rings. The third kappa shape index (κ3) is 2.96. The normalized spacial score (nSPS) is 32.0. The maximum Gasteiger partial charge on any atom is 0.453 e. The second kappa shape index (κ2) is 6.63. The van der Waals surface area contributed by atoms with Crippen molar-refractivity contribution in [1.82, 2.24) is 4.90 Å². The molecule has 1 aliphatic carbocycles. The maximum atomic E-state index is 14.3. The first kappa shape index (κ1) is 20.5. The topological polar surface area (TPSA) is 32.7 Å². The first-order valence-corrected chi connectivity index (χ1v) is 10.1. The van der Waals surface area contributed by atoms with E-state index < -0.39 is 41.9 Å². The minimum Gasteiger partial charge on any atom is -0.368 e. The van der Waals surface area contributed by atoms with Crippen LogP contribution in [-0.4, -0.2) is 41.6 Å². The van der Waals surface area contributed by atoms with Crippen LogP contribution in [0.5, 0.6) is 0 Å². The standard InChI is InChI=1S/C19H16ClF5N2OS/c1-27-15-8-10(20)7-11-13(28)4-5-26-18(11,15)12(9-17(21,22)19(23,24)25)16(27)14-3-2-6-29-14/h2-3,5-8,11-12,16H,4,9H2,1H3. The minimum atomic E-state index is -5.70. The minimum absolute atomic E-state index is 0.0177. The summed E-state index contributed by atoms with van der Waals surface area (Å²) in [7, 11) is 1.62. The molecule has 4 atom stereocenters. The van der Waals surface area contributed by atoms with Gasteiger partial charge in [0.2, 0.25) is 0 Å². The lowest BCUT2D eigenvalue weighted by atomic mass is 9.65. The van der Waals surface area contributed by atoms with E-state index in [1.807, 2.05) is 0 Å². The molecule has 3 heterocycles. The van der Waals surface area contributed by atoms with Crippen molar-refractivity contribution in [1.29, 1.82) is 0 Å². The molecule has 0 saturated carbocycles. The lowest BCUT2D eigenvalue weighted by Gasteiger charge is -2.42. The third-order valence-electron chi connectivity index (χ3n) is 5.90. The largest absolute Gasteiger partial charge is 0.453 e. The van der Waals surface area contributed by atoms with E-state index in [1.54, 1.807) is 29.5 Å². The summed E-state index contributed by atoms with van der Waals surface area (Å²) in [6, 6.07) is 2.60. The highest BCUT2D eigenvalue weighted by molar-refractivity contribution is 7.10. The van der Waals surface area contributed by atoms with Gasteiger partial charge in [0.15, 0.2) is 0 Å². The van der Waals surface area contributed by atoms with Crippen LogP contribution in [0, 0.1) is 11.8 Å². The van der Waals surface area contributed by atoms with E-state index in [0.29, 0.717) is 10.6 Å². The summed E-state index contributed by atoms with van der Waals surface area (Å²) in [5.41, 5.74) is -1.15. The summed E-state index contributed by atoms with van der Waals surface area (Å²) in [6.07, 6.45) is -2.94. The average Bonchev–Trinajstić information content (AvgIpc) is 3.20. The van der Waals surface area contributed by atoms with E-state index in [2.05, 4.69) is 4.99 Å². The number of rotatable bonds is 3. The van der Waals surface area contributed by atoms with Crippen molar-refractivity contribution in [3.8, 4) is 0 Å². The molecule has 156 valence electrons. The Labute approximate surface area is 172 Å². The van der Waals surface area contributed by atoms with Gasteiger partial charge in [-0.25, -0.2) is 0 Å². The molecule has 29 heavy (non-hydrogen) atoms. The maximum absolute atomic E-state index is 14.3. The van der Waals surface area contributed by atoms with Crippen molar-refractivity contribution < 1.29 is 26.7 Å². The van der Waals surface area contributed by atoms with Crippen molar-refractivity contribution in [3.05, 3.63) is 45.3 Å². The van der Waals surface area contributed by atoms with Crippen LogP contribution in [0.4, 0.5) is 22.0 Å². The van der Waals surface area contributed by atoms with Crippen molar-refractivity contribution >= 4 is 34.9 Å². The Kier molecular flexibility index (Phi) is 4.70. The fourth-order valence-corrected chi connectivity index (χ4v) is 5.87. The molecule has 0 N–H and O–H groups in total. The number of thiophene rings is 1. The zero-order valence-electron chi connectivity index (χ0n) is 15.1. The van der Waals surface area contributed by atoms with Gasteiger partial charge < -0.3 is 4.90 Å². The summed E-state index contributed by atoms with van der Waals surface area (Å²) in [5.74, 6) is -7.49. The lowest BCUT2D eigenvalue weighted by Crippen LogP contribution is -2.52. The Bertz CT molecular complexity index is 924. The van der Waals surface area contributed by atoms with Crippen LogP contribution in [0.15, 0.2) is 45.4 Å². The SMILES string of the molecule is CN1C2=CC(Cl)=CC3C(=O)CC=NC23C(CC(F)(F)C(F)(F)F)C1c1cccs1. The number of likely N-dealkylation sites (tertiary alicyclic amines) is 1. The van der Waals surface area contributed by atoms with Gasteiger partial charge in [-0.1, -0.05) is 23.7 Å². The highest BCUT2D eigenvalue weighted by Gasteiger charge is 2.67. The van der Waals surface area contributed by atoms with Gasteiger partial charge in [-0.05, 0) is 17.5 Å². The van der Waals surface area contributed by atoms with Gasteiger partial charge in [0.05, 0.1) is 12.0 Å². The number of ketones is 1. The van der Waals surface area contributed by atoms with Crippen molar-refractivity contribution in [2.75, 3.05) is 7.05 Å².